The van der Waals surface area contributed by atoms with Gasteiger partial charge in [0.15, 0.2) is 0 Å². The quantitative estimate of drug-likeness (QED) is 0.587. The van der Waals surface area contributed by atoms with Crippen molar-refractivity contribution in [3.63, 3.8) is 0 Å². The summed E-state index contributed by atoms with van der Waals surface area (Å²) < 4.78 is 5.12. The number of nitrogens with zero attached hydrogens (tertiary/aromatic N) is 1. The molecule has 4 nitrogen and oxygen atoms in total. The van der Waals surface area contributed by atoms with Crippen LogP contribution in [0.2, 0.25) is 0 Å². The van der Waals surface area contributed by atoms with Gasteiger partial charge >= 0.3 is 5.97 Å². The summed E-state index contributed by atoms with van der Waals surface area (Å²) in [7, 11) is 0. The van der Waals surface area contributed by atoms with Gasteiger partial charge in [0.05, 0.1) is 6.61 Å². The molecule has 0 saturated heterocycles. The van der Waals surface area contributed by atoms with Crippen LogP contribution in [0.3, 0.4) is 0 Å². The lowest BCUT2D eigenvalue weighted by Crippen LogP contribution is -2.28. The predicted molar refractivity (Wildman–Crippen MR) is 113 cm³/mol. The van der Waals surface area contributed by atoms with Gasteiger partial charge in [-0.3, -0.25) is 4.98 Å². The van der Waals surface area contributed by atoms with Crippen LogP contribution in [0.1, 0.15) is 49.3 Å². The normalized spacial score (nSPS) is 14.6. The summed E-state index contributed by atoms with van der Waals surface area (Å²) in [5, 5.41) is 5.96. The van der Waals surface area contributed by atoms with Crippen LogP contribution >= 0.6 is 0 Å². The van der Waals surface area contributed by atoms with E-state index >= 15 is 0 Å². The van der Waals surface area contributed by atoms with Crippen LogP contribution < -0.4 is 5.32 Å². The standard InChI is InChI=1S/C24H26N2O2/c1-3-28-24(27)16(2)26-23-12-13-25-15-19(23)14-18-10-11-21(17-8-9-17)22-7-5-4-6-20(18)22/h4-7,10-13,15-17H,3,8-9,14H2,1-2H3,(H,25,26). The second kappa shape index (κ2) is 8.01. The zero-order chi connectivity index (χ0) is 19.5. The van der Waals surface area contributed by atoms with Gasteiger partial charge in [-0.2, -0.15) is 0 Å². The molecule has 144 valence electrons. The fourth-order valence-corrected chi connectivity index (χ4v) is 3.76. The highest BCUT2D eigenvalue weighted by Gasteiger charge is 2.25. The van der Waals surface area contributed by atoms with Crippen molar-refractivity contribution in [2.24, 2.45) is 0 Å². The van der Waals surface area contributed by atoms with Crippen molar-refractivity contribution in [1.29, 1.82) is 0 Å². The van der Waals surface area contributed by atoms with Gasteiger partial charge in [0.2, 0.25) is 0 Å². The third-order valence-electron chi connectivity index (χ3n) is 5.36. The minimum Gasteiger partial charge on any atom is -0.464 e. The molecule has 1 aromatic heterocycles. The molecule has 1 saturated carbocycles. The molecule has 0 radical (unpaired) electrons. The van der Waals surface area contributed by atoms with Crippen LogP contribution in [0.5, 0.6) is 0 Å². The van der Waals surface area contributed by atoms with Crippen molar-refractivity contribution < 1.29 is 9.53 Å². The van der Waals surface area contributed by atoms with Crippen molar-refractivity contribution in [1.82, 2.24) is 4.98 Å². The first-order valence-electron chi connectivity index (χ1n) is 10.0. The zero-order valence-electron chi connectivity index (χ0n) is 16.4. The van der Waals surface area contributed by atoms with Crippen LogP contribution in [-0.2, 0) is 16.0 Å². The lowest BCUT2D eigenvalue weighted by atomic mass is 9.93. The van der Waals surface area contributed by atoms with Crippen LogP contribution in [0.15, 0.2) is 54.9 Å². The number of hydrogen-bond acceptors (Lipinski definition) is 4. The Labute approximate surface area is 165 Å². The molecule has 1 atom stereocenters. The van der Waals surface area contributed by atoms with Crippen molar-refractivity contribution in [3.8, 4) is 0 Å². The van der Waals surface area contributed by atoms with Crippen LogP contribution in [0, 0.1) is 0 Å². The van der Waals surface area contributed by atoms with E-state index in [-0.39, 0.29) is 5.97 Å². The Balaban J connectivity index is 1.63. The second-order valence-electron chi connectivity index (χ2n) is 7.46. The van der Waals surface area contributed by atoms with Gasteiger partial charge in [-0.05, 0) is 66.1 Å². The number of aromatic nitrogens is 1. The number of esters is 1. The smallest absolute Gasteiger partial charge is 0.328 e. The van der Waals surface area contributed by atoms with Crippen molar-refractivity contribution in [3.05, 3.63) is 71.5 Å². The lowest BCUT2D eigenvalue weighted by molar-refractivity contribution is -0.143. The number of nitrogens with one attached hydrogen (secondary N) is 1. The van der Waals surface area contributed by atoms with Crippen molar-refractivity contribution in [2.75, 3.05) is 11.9 Å². The molecule has 1 N–H and O–H groups in total. The average molecular weight is 374 g/mol. The van der Waals surface area contributed by atoms with Gasteiger partial charge in [-0.1, -0.05) is 36.4 Å². The molecule has 28 heavy (non-hydrogen) atoms. The highest BCUT2D eigenvalue weighted by molar-refractivity contribution is 5.90. The number of fused-ring (bicyclic) bond motifs is 1. The van der Waals surface area contributed by atoms with Crippen molar-refractivity contribution in [2.45, 2.75) is 45.1 Å². The highest BCUT2D eigenvalue weighted by Crippen LogP contribution is 2.43. The SMILES string of the molecule is CCOC(=O)C(C)Nc1ccncc1Cc1ccc(C2CC2)c2ccccc12. The molecule has 0 aliphatic heterocycles. The summed E-state index contributed by atoms with van der Waals surface area (Å²) in [6, 6.07) is 14.7. The third-order valence-corrected chi connectivity index (χ3v) is 5.36. The molecule has 0 bridgehead atoms. The number of carbonyl (C=O) groups excluding carboxylic acids is 1. The first-order chi connectivity index (χ1) is 13.7. The minimum atomic E-state index is -0.407. The maximum Gasteiger partial charge on any atom is 0.328 e. The molecule has 0 amide bonds. The van der Waals surface area contributed by atoms with Crippen LogP contribution in [0.25, 0.3) is 10.8 Å². The van der Waals surface area contributed by atoms with E-state index in [0.717, 1.165) is 23.6 Å². The largest absolute Gasteiger partial charge is 0.464 e. The van der Waals surface area contributed by atoms with Crippen LogP contribution in [-0.4, -0.2) is 23.6 Å². The molecular weight excluding hydrogens is 348 g/mol. The first kappa shape index (κ1) is 18.5. The summed E-state index contributed by atoms with van der Waals surface area (Å²) in [6.45, 7) is 4.02. The van der Waals surface area contributed by atoms with E-state index in [4.69, 9.17) is 4.74 Å². The Morgan fingerprint density at radius 3 is 2.68 bits per heavy atom. The second-order valence-corrected chi connectivity index (χ2v) is 7.46. The number of hydrogen-bond donors (Lipinski definition) is 1. The topological polar surface area (TPSA) is 51.2 Å². The summed E-state index contributed by atoms with van der Waals surface area (Å²) in [5.74, 6) is 0.476. The van der Waals surface area contributed by atoms with Crippen LogP contribution in [0.4, 0.5) is 5.69 Å². The van der Waals surface area contributed by atoms with Gasteiger partial charge in [0, 0.05) is 24.5 Å². The molecule has 1 unspecified atom stereocenters. The summed E-state index contributed by atoms with van der Waals surface area (Å²) in [4.78, 5) is 16.3. The fourth-order valence-electron chi connectivity index (χ4n) is 3.76. The molecule has 4 rings (SSSR count). The van der Waals surface area contributed by atoms with Gasteiger partial charge in [-0.15, -0.1) is 0 Å². The maximum absolute atomic E-state index is 12.0. The Morgan fingerprint density at radius 1 is 1.14 bits per heavy atom. The molecule has 1 fully saturated rings. The third kappa shape index (κ3) is 3.86. The Bertz CT molecular complexity index is 995. The Morgan fingerprint density at radius 2 is 1.93 bits per heavy atom. The number of rotatable bonds is 7. The van der Waals surface area contributed by atoms with Gasteiger partial charge in [-0.25, -0.2) is 4.79 Å². The Hall–Kier alpha value is -2.88. The number of ether oxygens (including phenoxy) is 1. The molecule has 3 aromatic rings. The number of benzene rings is 2. The molecule has 1 aliphatic rings. The van der Waals surface area contributed by atoms with E-state index < -0.39 is 6.04 Å². The van der Waals surface area contributed by atoms with E-state index in [0.29, 0.717) is 6.61 Å². The minimum absolute atomic E-state index is 0.246. The lowest BCUT2D eigenvalue weighted by Gasteiger charge is -2.17. The van der Waals surface area contributed by atoms with E-state index in [1.165, 1.54) is 34.7 Å². The summed E-state index contributed by atoms with van der Waals surface area (Å²) in [6.07, 6.45) is 6.98. The van der Waals surface area contributed by atoms with Gasteiger partial charge in [0.25, 0.3) is 0 Å². The summed E-state index contributed by atoms with van der Waals surface area (Å²) >= 11 is 0. The molecule has 4 heteroatoms. The number of anilines is 1. The molecule has 1 heterocycles. The van der Waals surface area contributed by atoms with Gasteiger partial charge < -0.3 is 10.1 Å². The first-order valence-corrected chi connectivity index (χ1v) is 10.0. The zero-order valence-corrected chi connectivity index (χ0v) is 16.4. The highest BCUT2D eigenvalue weighted by atomic mass is 16.5. The predicted octanol–water partition coefficient (Wildman–Crippen LogP) is 5.07. The fraction of sp³-hybridized carbons (Fsp3) is 0.333. The monoisotopic (exact) mass is 374 g/mol. The molecular formula is C24H26N2O2. The maximum atomic E-state index is 12.0. The van der Waals surface area contributed by atoms with E-state index in [2.05, 4.69) is 46.7 Å². The van der Waals surface area contributed by atoms with E-state index in [1.807, 2.05) is 26.1 Å². The van der Waals surface area contributed by atoms with Crippen molar-refractivity contribution >= 4 is 22.4 Å². The van der Waals surface area contributed by atoms with Gasteiger partial charge in [0.1, 0.15) is 6.04 Å². The van der Waals surface area contributed by atoms with E-state index in [9.17, 15) is 4.79 Å². The number of pyridine rings is 1. The average Bonchev–Trinajstić information content (AvgIpc) is 3.55. The Kier molecular flexibility index (Phi) is 5.29. The number of carbonyl (C=O) groups is 1. The molecule has 2 aromatic carbocycles. The molecule has 1 aliphatic carbocycles. The molecule has 0 spiro atoms. The summed E-state index contributed by atoms with van der Waals surface area (Å²) in [5.41, 5.74) is 4.74. The van der Waals surface area contributed by atoms with E-state index in [1.54, 1.807) is 6.20 Å².